The zero-order chi connectivity index (χ0) is 15.3. The van der Waals surface area contributed by atoms with Crippen LogP contribution in [0.2, 0.25) is 0 Å². The molecule has 0 aliphatic heterocycles. The normalized spacial score (nSPS) is 11.5. The average Bonchev–Trinajstić information content (AvgIpc) is 2.36. The smallest absolute Gasteiger partial charge is 0.293 e. The van der Waals surface area contributed by atoms with Gasteiger partial charge in [0.2, 0.25) is 5.91 Å². The van der Waals surface area contributed by atoms with Gasteiger partial charge in [0.25, 0.3) is 11.6 Å². The maximum Gasteiger partial charge on any atom is 0.293 e. The van der Waals surface area contributed by atoms with Crippen molar-refractivity contribution in [1.29, 1.82) is 0 Å². The van der Waals surface area contributed by atoms with E-state index in [0.717, 1.165) is 0 Å². The third-order valence-corrected chi connectivity index (χ3v) is 2.62. The molecule has 4 N–H and O–H groups in total. The molecule has 1 unspecified atom stereocenters. The van der Waals surface area contributed by atoms with Crippen molar-refractivity contribution in [2.75, 3.05) is 12.4 Å². The molecule has 8 heteroatoms. The summed E-state index contributed by atoms with van der Waals surface area (Å²) in [5.41, 5.74) is 5.11. The lowest BCUT2D eigenvalue weighted by atomic mass is 10.1. The lowest BCUT2D eigenvalue weighted by Gasteiger charge is -2.14. The Kier molecular flexibility index (Phi) is 5.01. The molecular weight excluding hydrogens is 264 g/mol. The summed E-state index contributed by atoms with van der Waals surface area (Å²) in [6, 6.07) is 3.73. The largest absolute Gasteiger partial charge is 0.382 e. The van der Waals surface area contributed by atoms with Crippen molar-refractivity contribution in [3.8, 4) is 0 Å². The number of nitrogens with zero attached hydrogens (tertiary/aromatic N) is 1. The van der Waals surface area contributed by atoms with E-state index in [1.54, 1.807) is 6.92 Å². The van der Waals surface area contributed by atoms with E-state index < -0.39 is 22.8 Å². The molecule has 0 bridgehead atoms. The van der Waals surface area contributed by atoms with E-state index in [4.69, 9.17) is 5.73 Å². The predicted octanol–water partition coefficient (Wildman–Crippen LogP) is 0.630. The fraction of sp³-hybridized carbons (Fsp3) is 0.333. The van der Waals surface area contributed by atoms with Crippen molar-refractivity contribution in [2.24, 2.45) is 5.73 Å². The molecule has 2 amide bonds. The maximum absolute atomic E-state index is 12.1. The van der Waals surface area contributed by atoms with Gasteiger partial charge < -0.3 is 16.4 Å². The van der Waals surface area contributed by atoms with Crippen LogP contribution in [0.15, 0.2) is 18.2 Å². The topological polar surface area (TPSA) is 127 Å². The number of hydrogen-bond acceptors (Lipinski definition) is 5. The van der Waals surface area contributed by atoms with Crippen molar-refractivity contribution in [2.45, 2.75) is 19.4 Å². The number of hydrogen-bond donors (Lipinski definition) is 3. The number of anilines is 1. The van der Waals surface area contributed by atoms with Crippen molar-refractivity contribution in [3.05, 3.63) is 33.9 Å². The van der Waals surface area contributed by atoms with Gasteiger partial charge in [0.15, 0.2) is 0 Å². The Morgan fingerprint density at radius 1 is 1.45 bits per heavy atom. The summed E-state index contributed by atoms with van der Waals surface area (Å²) in [6.45, 7) is 1.62. The molecular formula is C12H16N4O4. The van der Waals surface area contributed by atoms with Gasteiger partial charge in [0.05, 0.1) is 10.5 Å². The Bertz CT molecular complexity index is 544. The van der Waals surface area contributed by atoms with Crippen LogP contribution in [0, 0.1) is 10.1 Å². The molecule has 108 valence electrons. The van der Waals surface area contributed by atoms with Crippen LogP contribution in [0.3, 0.4) is 0 Å². The first-order valence-electron chi connectivity index (χ1n) is 5.91. The Balaban J connectivity index is 3.01. The van der Waals surface area contributed by atoms with Gasteiger partial charge in [-0.05, 0) is 13.0 Å². The first-order chi connectivity index (χ1) is 9.36. The van der Waals surface area contributed by atoms with Crippen LogP contribution < -0.4 is 16.4 Å². The quantitative estimate of drug-likeness (QED) is 0.520. The number of nitrogens with two attached hydrogens (primary N) is 1. The molecule has 0 spiro atoms. The minimum Gasteiger partial charge on any atom is -0.382 e. The summed E-state index contributed by atoms with van der Waals surface area (Å²) >= 11 is 0. The summed E-state index contributed by atoms with van der Waals surface area (Å²) in [5.74, 6) is -1.04. The zero-order valence-electron chi connectivity index (χ0n) is 11.2. The van der Waals surface area contributed by atoms with Crippen LogP contribution >= 0.6 is 0 Å². The van der Waals surface area contributed by atoms with Crippen molar-refractivity contribution >= 4 is 23.2 Å². The highest BCUT2D eigenvalue weighted by atomic mass is 16.6. The SMILES string of the molecule is CNc1c(C(=O)NC(C)CC(N)=O)cccc1[N+](=O)[O-]. The van der Waals surface area contributed by atoms with Gasteiger partial charge in [-0.2, -0.15) is 0 Å². The third kappa shape index (κ3) is 3.67. The first-order valence-corrected chi connectivity index (χ1v) is 5.91. The molecule has 1 aromatic rings. The Morgan fingerprint density at radius 2 is 2.10 bits per heavy atom. The highest BCUT2D eigenvalue weighted by Crippen LogP contribution is 2.27. The van der Waals surface area contributed by atoms with Gasteiger partial charge >= 0.3 is 0 Å². The van der Waals surface area contributed by atoms with Crippen LogP contribution in [-0.4, -0.2) is 29.8 Å². The summed E-state index contributed by atoms with van der Waals surface area (Å²) in [5, 5.41) is 16.1. The molecule has 8 nitrogen and oxygen atoms in total. The molecule has 0 fully saturated rings. The molecule has 0 saturated carbocycles. The van der Waals surface area contributed by atoms with Crippen LogP contribution in [-0.2, 0) is 4.79 Å². The number of amides is 2. The van der Waals surface area contributed by atoms with Gasteiger partial charge in [0, 0.05) is 25.6 Å². The van der Waals surface area contributed by atoms with Crippen molar-refractivity contribution < 1.29 is 14.5 Å². The molecule has 1 atom stereocenters. The Hall–Kier alpha value is -2.64. The second kappa shape index (κ2) is 6.50. The molecule has 20 heavy (non-hydrogen) atoms. The van der Waals surface area contributed by atoms with Crippen molar-refractivity contribution in [1.82, 2.24) is 5.32 Å². The fourth-order valence-corrected chi connectivity index (χ4v) is 1.80. The zero-order valence-corrected chi connectivity index (χ0v) is 11.2. The van der Waals surface area contributed by atoms with Gasteiger partial charge in [-0.25, -0.2) is 0 Å². The minimum atomic E-state index is -0.574. The highest BCUT2D eigenvalue weighted by molar-refractivity contribution is 6.01. The van der Waals surface area contributed by atoms with Crippen LogP contribution in [0.1, 0.15) is 23.7 Å². The lowest BCUT2D eigenvalue weighted by Crippen LogP contribution is -2.36. The second-order valence-electron chi connectivity index (χ2n) is 4.25. The number of carbonyl (C=O) groups excluding carboxylic acids is 2. The van der Waals surface area contributed by atoms with E-state index in [-0.39, 0.29) is 23.4 Å². The summed E-state index contributed by atoms with van der Waals surface area (Å²) in [7, 11) is 1.49. The molecule has 0 heterocycles. The molecule has 1 rings (SSSR count). The highest BCUT2D eigenvalue weighted by Gasteiger charge is 2.21. The summed E-state index contributed by atoms with van der Waals surface area (Å²) in [4.78, 5) is 33.2. The lowest BCUT2D eigenvalue weighted by molar-refractivity contribution is -0.384. The van der Waals surface area contributed by atoms with E-state index in [1.165, 1.54) is 25.2 Å². The van der Waals surface area contributed by atoms with E-state index in [2.05, 4.69) is 10.6 Å². The molecule has 0 radical (unpaired) electrons. The van der Waals surface area contributed by atoms with Crippen molar-refractivity contribution in [3.63, 3.8) is 0 Å². The number of benzene rings is 1. The maximum atomic E-state index is 12.1. The van der Waals surface area contributed by atoms with E-state index in [0.29, 0.717) is 0 Å². The first kappa shape index (κ1) is 15.4. The van der Waals surface area contributed by atoms with Crippen LogP contribution in [0.4, 0.5) is 11.4 Å². The van der Waals surface area contributed by atoms with E-state index in [1.807, 2.05) is 0 Å². The summed E-state index contributed by atoms with van der Waals surface area (Å²) in [6.07, 6.45) is -0.00441. The second-order valence-corrected chi connectivity index (χ2v) is 4.25. The summed E-state index contributed by atoms with van der Waals surface area (Å²) < 4.78 is 0. The van der Waals surface area contributed by atoms with Crippen LogP contribution in [0.25, 0.3) is 0 Å². The van der Waals surface area contributed by atoms with Gasteiger partial charge in [-0.15, -0.1) is 0 Å². The number of nitrogens with one attached hydrogen (secondary N) is 2. The van der Waals surface area contributed by atoms with Crippen LogP contribution in [0.5, 0.6) is 0 Å². The number of nitro groups is 1. The number of rotatable bonds is 6. The van der Waals surface area contributed by atoms with E-state index >= 15 is 0 Å². The molecule has 0 aliphatic rings. The van der Waals surface area contributed by atoms with Gasteiger partial charge in [-0.3, -0.25) is 19.7 Å². The average molecular weight is 280 g/mol. The van der Waals surface area contributed by atoms with E-state index in [9.17, 15) is 19.7 Å². The van der Waals surface area contributed by atoms with Gasteiger partial charge in [0.1, 0.15) is 5.69 Å². The third-order valence-electron chi connectivity index (χ3n) is 2.62. The Morgan fingerprint density at radius 3 is 2.60 bits per heavy atom. The standard InChI is InChI=1S/C12H16N4O4/c1-7(6-10(13)17)15-12(18)8-4-3-5-9(16(19)20)11(8)14-2/h3-5,7,14H,6H2,1-2H3,(H2,13,17)(H,15,18). The molecule has 1 aromatic carbocycles. The Labute approximate surface area is 115 Å². The minimum absolute atomic E-state index is 0.00441. The van der Waals surface area contributed by atoms with Gasteiger partial charge in [-0.1, -0.05) is 6.07 Å². The molecule has 0 saturated heterocycles. The number of primary amides is 1. The number of para-hydroxylation sites is 1. The fourth-order valence-electron chi connectivity index (χ4n) is 1.80. The monoisotopic (exact) mass is 280 g/mol. The number of carbonyl (C=O) groups is 2. The predicted molar refractivity (Wildman–Crippen MR) is 73.4 cm³/mol. The number of nitro benzene ring substituents is 1. The molecule has 0 aliphatic carbocycles. The molecule has 0 aromatic heterocycles.